The highest BCUT2D eigenvalue weighted by Crippen LogP contribution is 2.36. The van der Waals surface area contributed by atoms with Gasteiger partial charge in [0.1, 0.15) is 0 Å². The molecule has 1 aromatic rings. The number of carbonyl (C=O) groups is 1. The molecule has 0 spiro atoms. The van der Waals surface area contributed by atoms with Crippen LogP contribution in [0.3, 0.4) is 0 Å². The van der Waals surface area contributed by atoms with Gasteiger partial charge in [0.2, 0.25) is 0 Å². The molecule has 1 aromatic carbocycles. The van der Waals surface area contributed by atoms with Crippen LogP contribution in [0.1, 0.15) is 30.1 Å². The van der Waals surface area contributed by atoms with Crippen LogP contribution in [0.4, 0.5) is 0 Å². The average molecular weight is 357 g/mol. The standard InChI is InChI=1S/C15H21BrN2O3/c1-3-6-21-14-12(16)7-10(8-13(14)20-2)15(19)18-11-4-5-17-9-11/h7-8,11,17H,3-6,9H2,1-2H3,(H,18,19). The second kappa shape index (κ2) is 7.66. The van der Waals surface area contributed by atoms with E-state index in [9.17, 15) is 4.79 Å². The minimum absolute atomic E-state index is 0.0928. The number of carbonyl (C=O) groups excluding carboxylic acids is 1. The maximum atomic E-state index is 12.3. The Morgan fingerprint density at radius 3 is 2.95 bits per heavy atom. The maximum absolute atomic E-state index is 12.3. The summed E-state index contributed by atoms with van der Waals surface area (Å²) in [5, 5.41) is 6.24. The van der Waals surface area contributed by atoms with Crippen molar-refractivity contribution < 1.29 is 14.3 Å². The number of methoxy groups -OCH3 is 1. The summed E-state index contributed by atoms with van der Waals surface area (Å²) in [4.78, 5) is 12.3. The van der Waals surface area contributed by atoms with Crippen LogP contribution >= 0.6 is 15.9 Å². The first-order chi connectivity index (χ1) is 10.2. The van der Waals surface area contributed by atoms with Gasteiger partial charge in [-0.3, -0.25) is 4.79 Å². The molecule has 1 aliphatic rings. The lowest BCUT2D eigenvalue weighted by molar-refractivity contribution is 0.0939. The Bertz CT molecular complexity index is 502. The number of rotatable bonds is 6. The predicted octanol–water partition coefficient (Wildman–Crippen LogP) is 2.34. The molecule has 2 N–H and O–H groups in total. The summed E-state index contributed by atoms with van der Waals surface area (Å²) in [7, 11) is 1.57. The van der Waals surface area contributed by atoms with Crippen molar-refractivity contribution in [2.75, 3.05) is 26.8 Å². The van der Waals surface area contributed by atoms with Crippen molar-refractivity contribution in [3.63, 3.8) is 0 Å². The second-order valence-corrected chi connectivity index (χ2v) is 5.86. The van der Waals surface area contributed by atoms with Gasteiger partial charge in [0.25, 0.3) is 5.91 Å². The summed E-state index contributed by atoms with van der Waals surface area (Å²) >= 11 is 3.45. The van der Waals surface area contributed by atoms with Crippen LogP contribution in [0.2, 0.25) is 0 Å². The van der Waals surface area contributed by atoms with Crippen molar-refractivity contribution in [2.24, 2.45) is 0 Å². The van der Waals surface area contributed by atoms with Crippen molar-refractivity contribution in [1.29, 1.82) is 0 Å². The van der Waals surface area contributed by atoms with Crippen molar-refractivity contribution >= 4 is 21.8 Å². The van der Waals surface area contributed by atoms with E-state index in [1.165, 1.54) is 0 Å². The number of hydrogen-bond acceptors (Lipinski definition) is 4. The molecule has 5 nitrogen and oxygen atoms in total. The highest BCUT2D eigenvalue weighted by atomic mass is 79.9. The van der Waals surface area contributed by atoms with Gasteiger partial charge in [-0.2, -0.15) is 0 Å². The maximum Gasteiger partial charge on any atom is 0.251 e. The zero-order chi connectivity index (χ0) is 15.2. The van der Waals surface area contributed by atoms with Crippen molar-refractivity contribution in [3.8, 4) is 11.5 Å². The molecule has 6 heteroatoms. The average Bonchev–Trinajstić information content (AvgIpc) is 2.98. The van der Waals surface area contributed by atoms with Gasteiger partial charge in [0.05, 0.1) is 18.2 Å². The van der Waals surface area contributed by atoms with Crippen LogP contribution in [0.5, 0.6) is 11.5 Å². The SMILES string of the molecule is CCCOc1c(Br)cc(C(=O)NC2CCNC2)cc1OC. The third-order valence-electron chi connectivity index (χ3n) is 3.34. The van der Waals surface area contributed by atoms with E-state index in [0.717, 1.165) is 30.4 Å². The van der Waals surface area contributed by atoms with Crippen LogP contribution in [0.25, 0.3) is 0 Å². The summed E-state index contributed by atoms with van der Waals surface area (Å²) in [5.74, 6) is 1.11. The van der Waals surface area contributed by atoms with E-state index >= 15 is 0 Å². The topological polar surface area (TPSA) is 59.6 Å². The number of ether oxygens (including phenoxy) is 2. The molecule has 2 rings (SSSR count). The normalized spacial score (nSPS) is 17.6. The Morgan fingerprint density at radius 2 is 2.33 bits per heavy atom. The summed E-state index contributed by atoms with van der Waals surface area (Å²) < 4.78 is 11.7. The molecule has 0 saturated carbocycles. The van der Waals surface area contributed by atoms with Gasteiger partial charge in [-0.05, 0) is 47.4 Å². The minimum atomic E-state index is -0.0928. The predicted molar refractivity (Wildman–Crippen MR) is 85.2 cm³/mol. The fourth-order valence-corrected chi connectivity index (χ4v) is 2.80. The first-order valence-electron chi connectivity index (χ1n) is 7.17. The van der Waals surface area contributed by atoms with Crippen molar-refractivity contribution in [1.82, 2.24) is 10.6 Å². The Hall–Kier alpha value is -1.27. The zero-order valence-corrected chi connectivity index (χ0v) is 14.0. The smallest absolute Gasteiger partial charge is 0.251 e. The van der Waals surface area contributed by atoms with Gasteiger partial charge in [0.15, 0.2) is 11.5 Å². The number of amides is 1. The van der Waals surface area contributed by atoms with E-state index < -0.39 is 0 Å². The van der Waals surface area contributed by atoms with Crippen molar-refractivity contribution in [3.05, 3.63) is 22.2 Å². The second-order valence-electron chi connectivity index (χ2n) is 5.00. The van der Waals surface area contributed by atoms with Crippen LogP contribution in [0, 0.1) is 0 Å². The fraction of sp³-hybridized carbons (Fsp3) is 0.533. The Kier molecular flexibility index (Phi) is 5.87. The number of hydrogen-bond donors (Lipinski definition) is 2. The monoisotopic (exact) mass is 356 g/mol. The molecule has 0 bridgehead atoms. The molecule has 0 aliphatic carbocycles. The molecule has 1 heterocycles. The lowest BCUT2D eigenvalue weighted by atomic mass is 10.1. The molecule has 1 atom stereocenters. The zero-order valence-electron chi connectivity index (χ0n) is 12.4. The first kappa shape index (κ1) is 16.1. The summed E-state index contributed by atoms with van der Waals surface area (Å²) in [5.41, 5.74) is 0.564. The summed E-state index contributed by atoms with van der Waals surface area (Å²) in [6, 6.07) is 3.68. The van der Waals surface area contributed by atoms with E-state index in [4.69, 9.17) is 9.47 Å². The molecular formula is C15H21BrN2O3. The fourth-order valence-electron chi connectivity index (χ4n) is 2.24. The van der Waals surface area contributed by atoms with Gasteiger partial charge >= 0.3 is 0 Å². The lowest BCUT2D eigenvalue weighted by Gasteiger charge is -2.15. The summed E-state index contributed by atoms with van der Waals surface area (Å²) in [6.45, 7) is 4.41. The Labute approximate surface area is 133 Å². The third-order valence-corrected chi connectivity index (χ3v) is 3.93. The van der Waals surface area contributed by atoms with Gasteiger partial charge in [0, 0.05) is 18.2 Å². The van der Waals surface area contributed by atoms with Crippen LogP contribution < -0.4 is 20.1 Å². The molecule has 1 aliphatic heterocycles. The van der Waals surface area contributed by atoms with Gasteiger partial charge in [-0.1, -0.05) is 6.92 Å². The first-order valence-corrected chi connectivity index (χ1v) is 7.97. The third kappa shape index (κ3) is 4.11. The molecule has 1 amide bonds. The summed E-state index contributed by atoms with van der Waals surface area (Å²) in [6.07, 6.45) is 1.87. The van der Waals surface area contributed by atoms with E-state index in [1.54, 1.807) is 19.2 Å². The number of benzene rings is 1. The largest absolute Gasteiger partial charge is 0.493 e. The van der Waals surface area contributed by atoms with E-state index in [1.807, 2.05) is 6.92 Å². The molecule has 116 valence electrons. The van der Waals surface area contributed by atoms with Crippen LogP contribution in [-0.4, -0.2) is 38.8 Å². The number of nitrogens with one attached hydrogen (secondary N) is 2. The highest BCUT2D eigenvalue weighted by molar-refractivity contribution is 9.10. The minimum Gasteiger partial charge on any atom is -0.493 e. The van der Waals surface area contributed by atoms with Gasteiger partial charge < -0.3 is 20.1 Å². The molecule has 0 radical (unpaired) electrons. The molecular weight excluding hydrogens is 336 g/mol. The Balaban J connectivity index is 2.16. The highest BCUT2D eigenvalue weighted by Gasteiger charge is 2.20. The molecule has 1 fully saturated rings. The quantitative estimate of drug-likeness (QED) is 0.821. The van der Waals surface area contributed by atoms with E-state index in [-0.39, 0.29) is 11.9 Å². The Morgan fingerprint density at radius 1 is 1.52 bits per heavy atom. The van der Waals surface area contributed by atoms with Gasteiger partial charge in [-0.25, -0.2) is 0 Å². The van der Waals surface area contributed by atoms with Crippen molar-refractivity contribution in [2.45, 2.75) is 25.8 Å². The van der Waals surface area contributed by atoms with E-state index in [0.29, 0.717) is 23.7 Å². The number of halogens is 1. The molecule has 0 aromatic heterocycles. The lowest BCUT2D eigenvalue weighted by Crippen LogP contribution is -2.36. The molecule has 1 unspecified atom stereocenters. The van der Waals surface area contributed by atoms with Gasteiger partial charge in [-0.15, -0.1) is 0 Å². The van der Waals surface area contributed by atoms with Crippen LogP contribution in [-0.2, 0) is 0 Å². The molecule has 1 saturated heterocycles. The van der Waals surface area contributed by atoms with Crippen LogP contribution in [0.15, 0.2) is 16.6 Å². The van der Waals surface area contributed by atoms with E-state index in [2.05, 4.69) is 26.6 Å². The molecule has 21 heavy (non-hydrogen) atoms.